The summed E-state index contributed by atoms with van der Waals surface area (Å²) in [7, 11) is 0. The number of nitrogens with zero attached hydrogens (tertiary/aromatic N) is 2. The molecule has 6 nitrogen and oxygen atoms in total. The number of hydrogen-bond acceptors (Lipinski definition) is 4. The number of halogens is 2. The number of hydrogen-bond donors (Lipinski definition) is 2. The van der Waals surface area contributed by atoms with E-state index >= 15 is 8.78 Å². The predicted octanol–water partition coefficient (Wildman–Crippen LogP) is 17.0. The van der Waals surface area contributed by atoms with Crippen LogP contribution in [0.25, 0.3) is 77.2 Å². The number of aromatic nitrogens is 2. The highest BCUT2D eigenvalue weighted by Gasteiger charge is 2.24. The Morgan fingerprint density at radius 3 is 1.15 bits per heavy atom. The molecule has 2 heterocycles. The van der Waals surface area contributed by atoms with Gasteiger partial charge in [0, 0.05) is 50.2 Å². The maximum absolute atomic E-state index is 15.2. The second kappa shape index (κ2) is 18.6. The van der Waals surface area contributed by atoms with E-state index in [2.05, 4.69) is 130 Å². The van der Waals surface area contributed by atoms with Crippen LogP contribution in [0.4, 0.5) is 8.78 Å². The lowest BCUT2D eigenvalue weighted by molar-refractivity contribution is 0.248. The Hall–Kier alpha value is -7.58. The van der Waals surface area contributed by atoms with Gasteiger partial charge in [0.2, 0.25) is 0 Å². The lowest BCUT2D eigenvalue weighted by Gasteiger charge is -2.18. The molecule has 2 aromatic heterocycles. The van der Waals surface area contributed by atoms with Gasteiger partial charge in [-0.05, 0) is 176 Å². The van der Waals surface area contributed by atoms with Crippen molar-refractivity contribution in [1.82, 2.24) is 9.13 Å². The summed E-state index contributed by atoms with van der Waals surface area (Å²) in [6.45, 7) is 19.5. The van der Waals surface area contributed by atoms with Gasteiger partial charge in [0.1, 0.15) is 34.6 Å². The van der Waals surface area contributed by atoms with Gasteiger partial charge in [0.05, 0.1) is 46.7 Å². The first-order valence-electron chi connectivity index (χ1n) is 24.7. The maximum atomic E-state index is 15.2. The second-order valence-electron chi connectivity index (χ2n) is 20.2. The van der Waals surface area contributed by atoms with Gasteiger partial charge in [-0.3, -0.25) is 0 Å². The summed E-state index contributed by atoms with van der Waals surface area (Å²) in [6.07, 6.45) is 0.418. The molecule has 0 spiro atoms. The van der Waals surface area contributed by atoms with E-state index in [1.807, 2.05) is 38.1 Å². The Balaban J connectivity index is 0.937. The minimum Gasteiger partial charge on any atom is -0.505 e. The number of ether oxygens (including phenoxy) is 2. The zero-order valence-corrected chi connectivity index (χ0v) is 41.9. The van der Waals surface area contributed by atoms with Crippen molar-refractivity contribution < 1.29 is 28.5 Å². The van der Waals surface area contributed by atoms with Crippen molar-refractivity contribution in [2.24, 2.45) is 0 Å². The molecule has 0 bridgehead atoms. The number of phenols is 2. The molecule has 0 radical (unpaired) electrons. The Morgan fingerprint density at radius 1 is 0.408 bits per heavy atom. The van der Waals surface area contributed by atoms with Crippen LogP contribution in [0, 0.1) is 32.4 Å². The van der Waals surface area contributed by atoms with E-state index < -0.39 is 11.6 Å². The summed E-state index contributed by atoms with van der Waals surface area (Å²) in [5.74, 6) is 0.930. The van der Waals surface area contributed by atoms with E-state index in [0.29, 0.717) is 69.3 Å². The summed E-state index contributed by atoms with van der Waals surface area (Å²) in [5, 5.41) is 29.0. The smallest absolute Gasteiger partial charge is 0.147 e. The first kappa shape index (κ1) is 47.1. The zero-order chi connectivity index (χ0) is 50.0. The van der Waals surface area contributed by atoms with Gasteiger partial charge in [-0.1, -0.05) is 71.4 Å². The standard InChI is InChI=1S/C63H60F2N2O4/c1-35(2)41-12-18-55-47(30-41)46-25-38(7)11-17-54(46)66(55)58-28-39(8)26-52(62(58)68)50-33-44(64)15-21-60(50)70-23-10-24-71-61-22-16-45(65)34-51(61)53-27-40(9)29-59(63(53)69)67-56-19-13-42(36(3)4)31-48(56)49-32-43(37(5)6)14-20-57(49)67/h11-22,25-37,68-69H,10,23-24H2,1-9H3. The Labute approximate surface area is 414 Å². The average Bonchev–Trinajstić information content (AvgIpc) is 3.84. The average molecular weight is 947 g/mol. The Morgan fingerprint density at radius 2 is 0.775 bits per heavy atom. The number of benzene rings is 8. The zero-order valence-electron chi connectivity index (χ0n) is 41.9. The fourth-order valence-corrected chi connectivity index (χ4v) is 10.2. The van der Waals surface area contributed by atoms with E-state index in [-0.39, 0.29) is 24.7 Å². The molecule has 0 aliphatic heterocycles. The van der Waals surface area contributed by atoms with E-state index in [4.69, 9.17) is 9.47 Å². The molecular formula is C63H60F2N2O4. The summed E-state index contributed by atoms with van der Waals surface area (Å²) in [5.41, 5.74) is 13.4. The molecule has 10 aromatic rings. The summed E-state index contributed by atoms with van der Waals surface area (Å²) in [4.78, 5) is 0. The first-order chi connectivity index (χ1) is 34.1. The molecule has 0 aliphatic rings. The Kier molecular flexibility index (Phi) is 12.4. The predicted molar refractivity (Wildman–Crippen MR) is 288 cm³/mol. The van der Waals surface area contributed by atoms with Crippen LogP contribution in [-0.4, -0.2) is 32.6 Å². The van der Waals surface area contributed by atoms with Gasteiger partial charge in [0.15, 0.2) is 0 Å². The molecule has 8 aromatic carbocycles. The lowest BCUT2D eigenvalue weighted by atomic mass is 9.98. The molecule has 0 fully saturated rings. The van der Waals surface area contributed by atoms with Crippen molar-refractivity contribution in [1.29, 1.82) is 0 Å². The number of aromatic hydroxyl groups is 2. The third kappa shape index (κ3) is 8.64. The van der Waals surface area contributed by atoms with Crippen molar-refractivity contribution in [3.8, 4) is 56.6 Å². The normalized spacial score (nSPS) is 12.0. The minimum absolute atomic E-state index is 0.00627. The fraction of sp³-hybridized carbons (Fsp3) is 0.238. The van der Waals surface area contributed by atoms with Crippen molar-refractivity contribution in [2.45, 2.75) is 86.5 Å². The number of rotatable bonds is 13. The quantitative estimate of drug-likeness (QED) is 0.113. The van der Waals surface area contributed by atoms with Crippen molar-refractivity contribution in [3.05, 3.63) is 178 Å². The molecule has 0 unspecified atom stereocenters. The van der Waals surface area contributed by atoms with Gasteiger partial charge in [-0.25, -0.2) is 8.78 Å². The summed E-state index contributed by atoms with van der Waals surface area (Å²) >= 11 is 0. The number of fused-ring (bicyclic) bond motifs is 6. The van der Waals surface area contributed by atoms with Crippen molar-refractivity contribution in [3.63, 3.8) is 0 Å². The Bertz CT molecular complexity index is 3640. The molecule has 0 amide bonds. The summed E-state index contributed by atoms with van der Waals surface area (Å²) in [6, 6.07) is 42.2. The third-order valence-corrected chi connectivity index (χ3v) is 14.0. The van der Waals surface area contributed by atoms with Crippen LogP contribution < -0.4 is 9.47 Å². The number of phenolic OH excluding ortho intramolecular Hbond substituents is 2. The molecule has 0 atom stereocenters. The number of aryl methyl sites for hydroxylation is 3. The molecule has 2 N–H and O–H groups in total. The van der Waals surface area contributed by atoms with Gasteiger partial charge in [-0.2, -0.15) is 0 Å². The molecule has 8 heteroatoms. The third-order valence-electron chi connectivity index (χ3n) is 14.0. The van der Waals surface area contributed by atoms with E-state index in [0.717, 1.165) is 60.3 Å². The van der Waals surface area contributed by atoms with Crippen LogP contribution in [0.15, 0.2) is 133 Å². The monoisotopic (exact) mass is 946 g/mol. The van der Waals surface area contributed by atoms with Crippen LogP contribution in [0.5, 0.6) is 23.0 Å². The first-order valence-corrected chi connectivity index (χ1v) is 24.7. The van der Waals surface area contributed by atoms with Gasteiger partial charge in [-0.15, -0.1) is 0 Å². The molecule has 360 valence electrons. The topological polar surface area (TPSA) is 68.8 Å². The van der Waals surface area contributed by atoms with Crippen molar-refractivity contribution in [2.75, 3.05) is 13.2 Å². The van der Waals surface area contributed by atoms with Gasteiger partial charge < -0.3 is 28.8 Å². The summed E-state index contributed by atoms with van der Waals surface area (Å²) < 4.78 is 47.4. The van der Waals surface area contributed by atoms with Crippen molar-refractivity contribution >= 4 is 43.6 Å². The van der Waals surface area contributed by atoms with Gasteiger partial charge in [0.25, 0.3) is 0 Å². The van der Waals surface area contributed by atoms with Crippen LogP contribution >= 0.6 is 0 Å². The fourth-order valence-electron chi connectivity index (χ4n) is 10.2. The molecule has 0 saturated heterocycles. The van der Waals surface area contributed by atoms with Crippen LogP contribution in [0.3, 0.4) is 0 Å². The minimum atomic E-state index is -0.461. The SMILES string of the molecule is Cc1cc(-c2cc(F)ccc2OCCCOc2ccc(F)cc2-c2cc(C)cc(-n3c4ccc(C(C)C)cc4c4cc(C(C)C)ccc43)c2O)c(O)c(-n2c3ccc(C)cc3c3cc(C(C)C)ccc32)c1. The van der Waals surface area contributed by atoms with Gasteiger partial charge >= 0.3 is 0 Å². The van der Waals surface area contributed by atoms with E-state index in [1.165, 1.54) is 41.0 Å². The molecular weight excluding hydrogens is 887 g/mol. The highest BCUT2D eigenvalue weighted by Crippen LogP contribution is 2.46. The van der Waals surface area contributed by atoms with Crippen LogP contribution in [0.1, 0.15) is 99.1 Å². The van der Waals surface area contributed by atoms with Crippen LogP contribution in [-0.2, 0) is 0 Å². The van der Waals surface area contributed by atoms with Crippen LogP contribution in [0.2, 0.25) is 0 Å². The largest absolute Gasteiger partial charge is 0.505 e. The van der Waals surface area contributed by atoms with E-state index in [9.17, 15) is 10.2 Å². The van der Waals surface area contributed by atoms with E-state index in [1.54, 1.807) is 12.1 Å². The molecule has 0 saturated carbocycles. The molecule has 10 rings (SSSR count). The second-order valence-corrected chi connectivity index (χ2v) is 20.2. The highest BCUT2D eigenvalue weighted by molar-refractivity contribution is 6.11. The highest BCUT2D eigenvalue weighted by atomic mass is 19.1. The maximum Gasteiger partial charge on any atom is 0.147 e. The lowest BCUT2D eigenvalue weighted by Crippen LogP contribution is -2.07. The molecule has 0 aliphatic carbocycles. The molecule has 71 heavy (non-hydrogen) atoms.